The Morgan fingerprint density at radius 1 is 1.15 bits per heavy atom. The number of hydrogen-bond acceptors (Lipinski definition) is 5. The lowest BCUT2D eigenvalue weighted by atomic mass is 9.87. The molecule has 27 heavy (non-hydrogen) atoms. The standard InChI is InChI=1S/C20H31N3O4/c1-20(2,15-24)18(26)19(27)21-9-8-17(25)23-12-10-22(11-13-23)14-16-6-4-3-5-7-16/h3-7,18,24,26H,8-15H2,1-2H3,(H,21,27)/t18-/m0/s1. The molecule has 3 N–H and O–H groups in total. The fourth-order valence-electron chi connectivity index (χ4n) is 2.99. The Labute approximate surface area is 161 Å². The summed E-state index contributed by atoms with van der Waals surface area (Å²) in [5.41, 5.74) is 0.354. The zero-order valence-corrected chi connectivity index (χ0v) is 16.2. The van der Waals surface area contributed by atoms with Crippen molar-refractivity contribution in [1.29, 1.82) is 0 Å². The zero-order chi connectivity index (χ0) is 19.9. The van der Waals surface area contributed by atoms with Crippen molar-refractivity contribution in [3.05, 3.63) is 35.9 Å². The number of nitrogens with zero attached hydrogens (tertiary/aromatic N) is 2. The van der Waals surface area contributed by atoms with E-state index in [0.29, 0.717) is 13.1 Å². The summed E-state index contributed by atoms with van der Waals surface area (Å²) in [4.78, 5) is 28.4. The Morgan fingerprint density at radius 3 is 2.37 bits per heavy atom. The van der Waals surface area contributed by atoms with Crippen molar-refractivity contribution >= 4 is 11.8 Å². The van der Waals surface area contributed by atoms with E-state index in [1.54, 1.807) is 13.8 Å². The second kappa shape index (κ2) is 9.82. The summed E-state index contributed by atoms with van der Waals surface area (Å²) >= 11 is 0. The maximum Gasteiger partial charge on any atom is 0.249 e. The number of carbonyl (C=O) groups is 2. The van der Waals surface area contributed by atoms with Gasteiger partial charge in [-0.2, -0.15) is 0 Å². The number of rotatable bonds is 8. The van der Waals surface area contributed by atoms with Crippen molar-refractivity contribution in [3.63, 3.8) is 0 Å². The van der Waals surface area contributed by atoms with E-state index in [2.05, 4.69) is 22.3 Å². The third-order valence-corrected chi connectivity index (χ3v) is 5.01. The topological polar surface area (TPSA) is 93.1 Å². The number of hydrogen-bond donors (Lipinski definition) is 3. The molecule has 1 atom stereocenters. The lowest BCUT2D eigenvalue weighted by Crippen LogP contribution is -2.49. The van der Waals surface area contributed by atoms with Crippen LogP contribution in [-0.2, 0) is 16.1 Å². The van der Waals surface area contributed by atoms with E-state index < -0.39 is 17.4 Å². The molecule has 2 rings (SSSR count). The molecule has 1 aliphatic heterocycles. The van der Waals surface area contributed by atoms with Crippen LogP contribution in [0.5, 0.6) is 0 Å². The quantitative estimate of drug-likeness (QED) is 0.603. The molecule has 0 aromatic heterocycles. The van der Waals surface area contributed by atoms with Gasteiger partial charge in [0, 0.05) is 51.1 Å². The Bertz CT molecular complexity index is 613. The minimum absolute atomic E-state index is 0.00516. The number of benzene rings is 1. The SMILES string of the molecule is CC(C)(CO)[C@@H](O)C(=O)NCCC(=O)N1CCN(Cc2ccccc2)CC1. The van der Waals surface area contributed by atoms with E-state index in [0.717, 1.165) is 19.6 Å². The molecule has 7 nitrogen and oxygen atoms in total. The molecule has 0 aliphatic carbocycles. The van der Waals surface area contributed by atoms with Gasteiger partial charge in [-0.25, -0.2) is 0 Å². The van der Waals surface area contributed by atoms with Gasteiger partial charge in [0.05, 0.1) is 6.61 Å². The summed E-state index contributed by atoms with van der Waals surface area (Å²) in [6.07, 6.45) is -1.10. The lowest BCUT2D eigenvalue weighted by Gasteiger charge is -2.35. The Hall–Kier alpha value is -1.96. The highest BCUT2D eigenvalue weighted by Crippen LogP contribution is 2.19. The second-order valence-corrected chi connectivity index (χ2v) is 7.73. The van der Waals surface area contributed by atoms with Crippen molar-refractivity contribution in [2.45, 2.75) is 32.9 Å². The van der Waals surface area contributed by atoms with Crippen LogP contribution in [0.3, 0.4) is 0 Å². The van der Waals surface area contributed by atoms with Gasteiger partial charge in [0.1, 0.15) is 6.10 Å². The Kier molecular flexibility index (Phi) is 7.77. The first-order chi connectivity index (χ1) is 12.8. The molecule has 2 amide bonds. The van der Waals surface area contributed by atoms with Crippen LogP contribution in [0.1, 0.15) is 25.8 Å². The van der Waals surface area contributed by atoms with E-state index in [-0.39, 0.29) is 25.5 Å². The minimum atomic E-state index is -1.31. The second-order valence-electron chi connectivity index (χ2n) is 7.73. The smallest absolute Gasteiger partial charge is 0.249 e. The number of aliphatic hydroxyl groups excluding tert-OH is 2. The molecule has 7 heteroatoms. The highest BCUT2D eigenvalue weighted by molar-refractivity contribution is 5.82. The largest absolute Gasteiger partial charge is 0.396 e. The predicted molar refractivity (Wildman–Crippen MR) is 103 cm³/mol. The van der Waals surface area contributed by atoms with Crippen LogP contribution in [0.2, 0.25) is 0 Å². The third kappa shape index (κ3) is 6.30. The first-order valence-electron chi connectivity index (χ1n) is 9.44. The average Bonchev–Trinajstić information content (AvgIpc) is 2.68. The molecule has 1 fully saturated rings. The van der Waals surface area contributed by atoms with Gasteiger partial charge in [-0.3, -0.25) is 14.5 Å². The number of nitrogens with one attached hydrogen (secondary N) is 1. The van der Waals surface area contributed by atoms with Crippen LogP contribution in [-0.4, -0.2) is 77.3 Å². The van der Waals surface area contributed by atoms with Crippen LogP contribution in [0.25, 0.3) is 0 Å². The molecule has 0 unspecified atom stereocenters. The van der Waals surface area contributed by atoms with Gasteiger partial charge in [-0.1, -0.05) is 44.2 Å². The molecule has 1 saturated heterocycles. The van der Waals surface area contributed by atoms with E-state index in [9.17, 15) is 19.8 Å². The fraction of sp³-hybridized carbons (Fsp3) is 0.600. The number of aliphatic hydroxyl groups is 2. The summed E-state index contributed by atoms with van der Waals surface area (Å²) < 4.78 is 0. The normalized spacial score (nSPS) is 16.8. The van der Waals surface area contributed by atoms with E-state index in [4.69, 9.17) is 0 Å². The summed E-state index contributed by atoms with van der Waals surface area (Å²) in [7, 11) is 0. The van der Waals surface area contributed by atoms with Gasteiger partial charge in [-0.15, -0.1) is 0 Å². The van der Waals surface area contributed by atoms with E-state index >= 15 is 0 Å². The predicted octanol–water partition coefficient (Wildman–Crippen LogP) is 0.217. The molecular formula is C20H31N3O4. The maximum atomic E-state index is 12.3. The summed E-state index contributed by atoms with van der Waals surface area (Å²) in [6.45, 7) is 7.01. The number of amides is 2. The van der Waals surface area contributed by atoms with Gasteiger partial charge >= 0.3 is 0 Å². The Morgan fingerprint density at radius 2 is 1.78 bits per heavy atom. The maximum absolute atomic E-state index is 12.3. The summed E-state index contributed by atoms with van der Waals surface area (Å²) in [5, 5.41) is 21.7. The lowest BCUT2D eigenvalue weighted by molar-refractivity contribution is -0.137. The zero-order valence-electron chi connectivity index (χ0n) is 16.2. The summed E-state index contributed by atoms with van der Waals surface area (Å²) in [6, 6.07) is 10.3. The average molecular weight is 377 g/mol. The molecule has 1 aliphatic rings. The van der Waals surface area contributed by atoms with Gasteiger partial charge in [0.2, 0.25) is 11.8 Å². The highest BCUT2D eigenvalue weighted by atomic mass is 16.3. The van der Waals surface area contributed by atoms with Crippen molar-refractivity contribution in [2.75, 3.05) is 39.3 Å². The van der Waals surface area contributed by atoms with E-state index in [1.807, 2.05) is 23.1 Å². The molecule has 0 saturated carbocycles. The molecule has 1 aromatic rings. The molecular weight excluding hydrogens is 346 g/mol. The first kappa shape index (κ1) is 21.3. The fourth-order valence-corrected chi connectivity index (χ4v) is 2.99. The third-order valence-electron chi connectivity index (χ3n) is 5.01. The van der Waals surface area contributed by atoms with Crippen molar-refractivity contribution in [2.24, 2.45) is 5.41 Å². The number of carbonyl (C=O) groups excluding carboxylic acids is 2. The highest BCUT2D eigenvalue weighted by Gasteiger charge is 2.32. The number of piperazine rings is 1. The van der Waals surface area contributed by atoms with E-state index in [1.165, 1.54) is 5.56 Å². The van der Waals surface area contributed by atoms with Crippen LogP contribution >= 0.6 is 0 Å². The minimum Gasteiger partial charge on any atom is -0.396 e. The molecule has 1 heterocycles. The summed E-state index contributed by atoms with van der Waals surface area (Å²) in [5.74, 6) is -0.555. The Balaban J connectivity index is 1.68. The molecule has 0 bridgehead atoms. The van der Waals surface area contributed by atoms with Crippen molar-refractivity contribution in [1.82, 2.24) is 15.1 Å². The van der Waals surface area contributed by atoms with Crippen LogP contribution in [0.4, 0.5) is 0 Å². The van der Waals surface area contributed by atoms with Crippen LogP contribution in [0, 0.1) is 5.41 Å². The van der Waals surface area contributed by atoms with Gasteiger partial charge < -0.3 is 20.4 Å². The molecule has 1 aromatic carbocycles. The van der Waals surface area contributed by atoms with Gasteiger partial charge in [0.15, 0.2) is 0 Å². The monoisotopic (exact) mass is 377 g/mol. The molecule has 0 spiro atoms. The van der Waals surface area contributed by atoms with Gasteiger partial charge in [0.25, 0.3) is 0 Å². The van der Waals surface area contributed by atoms with Crippen LogP contribution in [0.15, 0.2) is 30.3 Å². The van der Waals surface area contributed by atoms with Crippen molar-refractivity contribution in [3.8, 4) is 0 Å². The van der Waals surface area contributed by atoms with Crippen LogP contribution < -0.4 is 5.32 Å². The molecule has 150 valence electrons. The van der Waals surface area contributed by atoms with Gasteiger partial charge in [-0.05, 0) is 5.56 Å². The van der Waals surface area contributed by atoms with Crippen molar-refractivity contribution < 1.29 is 19.8 Å². The first-order valence-corrected chi connectivity index (χ1v) is 9.44. The molecule has 0 radical (unpaired) electrons.